The first-order valence-electron chi connectivity index (χ1n) is 3.46. The molecule has 5 heteroatoms. The average molecular weight is 162 g/mol. The minimum Gasteiger partial charge on any atom is -0.364 e. The Kier molecular flexibility index (Phi) is 1.36. The van der Waals surface area contributed by atoms with E-state index in [4.69, 9.17) is 5.73 Å². The van der Waals surface area contributed by atoms with Crippen molar-refractivity contribution >= 4 is 23.5 Å². The van der Waals surface area contributed by atoms with Crippen molar-refractivity contribution in [2.45, 2.75) is 6.42 Å². The van der Waals surface area contributed by atoms with Crippen LogP contribution in [-0.4, -0.2) is 23.5 Å². The molecular formula is C7H6N4O. The van der Waals surface area contributed by atoms with E-state index in [2.05, 4.69) is 15.2 Å². The van der Waals surface area contributed by atoms with Gasteiger partial charge in [0.2, 0.25) is 0 Å². The van der Waals surface area contributed by atoms with Crippen LogP contribution in [0.2, 0.25) is 0 Å². The lowest BCUT2D eigenvalue weighted by Crippen LogP contribution is -2.26. The zero-order chi connectivity index (χ0) is 8.55. The average Bonchev–Trinajstić information content (AvgIpc) is 2.47. The fourth-order valence-electron chi connectivity index (χ4n) is 1.09. The van der Waals surface area contributed by atoms with Crippen LogP contribution in [0, 0.1) is 0 Å². The fraction of sp³-hybridized carbons (Fsp3) is 0.143. The van der Waals surface area contributed by atoms with Crippen LogP contribution in [-0.2, 0) is 4.79 Å². The molecule has 2 N–H and O–H groups in total. The summed E-state index contributed by atoms with van der Waals surface area (Å²) in [5.41, 5.74) is 6.70. The highest BCUT2D eigenvalue weighted by Gasteiger charge is 2.24. The second-order valence-electron chi connectivity index (χ2n) is 2.44. The van der Waals surface area contributed by atoms with Gasteiger partial charge in [-0.05, 0) is 0 Å². The van der Waals surface area contributed by atoms with Gasteiger partial charge in [-0.25, -0.2) is 0 Å². The number of carbonyl (C=O) groups excluding carboxylic acids is 1. The molecule has 12 heavy (non-hydrogen) atoms. The van der Waals surface area contributed by atoms with Gasteiger partial charge in [0.1, 0.15) is 0 Å². The van der Waals surface area contributed by atoms with Crippen molar-refractivity contribution in [3.8, 4) is 0 Å². The summed E-state index contributed by atoms with van der Waals surface area (Å²) in [6, 6.07) is 0. The molecule has 0 bridgehead atoms. The highest BCUT2D eigenvalue weighted by Crippen LogP contribution is 2.15. The van der Waals surface area contributed by atoms with Crippen LogP contribution >= 0.6 is 0 Å². The van der Waals surface area contributed by atoms with E-state index in [0.717, 1.165) is 5.71 Å². The van der Waals surface area contributed by atoms with Gasteiger partial charge in [-0.1, -0.05) is 0 Å². The van der Waals surface area contributed by atoms with Gasteiger partial charge in [0.25, 0.3) is 5.91 Å². The first kappa shape index (κ1) is 6.90. The third-order valence-electron chi connectivity index (χ3n) is 1.66. The molecule has 0 fully saturated rings. The topological polar surface area (TPSA) is 80.2 Å². The first-order valence-corrected chi connectivity index (χ1v) is 3.46. The van der Waals surface area contributed by atoms with Gasteiger partial charge in [-0.2, -0.15) is 5.10 Å². The molecule has 2 aliphatic heterocycles. The van der Waals surface area contributed by atoms with Crippen LogP contribution in [0.5, 0.6) is 0 Å². The number of rotatable bonds is 1. The van der Waals surface area contributed by atoms with E-state index in [0.29, 0.717) is 12.0 Å². The van der Waals surface area contributed by atoms with E-state index in [9.17, 15) is 4.79 Å². The van der Waals surface area contributed by atoms with Crippen molar-refractivity contribution in [3.05, 3.63) is 11.8 Å². The van der Waals surface area contributed by atoms with Crippen molar-refractivity contribution in [1.82, 2.24) is 0 Å². The lowest BCUT2D eigenvalue weighted by Gasteiger charge is -2.03. The molecule has 0 aliphatic carbocycles. The minimum absolute atomic E-state index is 0.210. The Morgan fingerprint density at radius 2 is 2.33 bits per heavy atom. The van der Waals surface area contributed by atoms with Crippen LogP contribution in [0.25, 0.3) is 0 Å². The second-order valence-corrected chi connectivity index (χ2v) is 2.44. The Labute approximate surface area is 68.4 Å². The molecule has 0 radical (unpaired) electrons. The molecular weight excluding hydrogens is 156 g/mol. The Morgan fingerprint density at radius 3 is 3.08 bits per heavy atom. The third-order valence-corrected chi connectivity index (χ3v) is 1.66. The zero-order valence-corrected chi connectivity index (χ0v) is 6.19. The molecule has 2 rings (SSSR count). The molecule has 0 unspecified atom stereocenters. The maximum absolute atomic E-state index is 10.8. The van der Waals surface area contributed by atoms with Gasteiger partial charge in [0.15, 0.2) is 5.71 Å². The summed E-state index contributed by atoms with van der Waals surface area (Å²) in [6.07, 6.45) is 3.88. The molecule has 2 aliphatic rings. The molecule has 0 saturated heterocycles. The van der Waals surface area contributed by atoms with Crippen LogP contribution < -0.4 is 5.73 Å². The number of nitrogens with two attached hydrogens (primary N) is 1. The number of aliphatic imine (C=N–C) groups is 1. The molecule has 5 nitrogen and oxygen atoms in total. The molecule has 0 aromatic carbocycles. The van der Waals surface area contributed by atoms with Crippen LogP contribution in [0.3, 0.4) is 0 Å². The molecule has 2 heterocycles. The Bertz CT molecular complexity index is 362. The SMILES string of the molecule is NC(=O)C1=NN=C2CC=NC=C21. The van der Waals surface area contributed by atoms with Crippen LogP contribution in [0.4, 0.5) is 0 Å². The number of primary amides is 1. The summed E-state index contributed by atoms with van der Waals surface area (Å²) in [5, 5.41) is 7.47. The molecule has 60 valence electrons. The molecule has 0 aromatic rings. The van der Waals surface area contributed by atoms with Gasteiger partial charge in [-0.3, -0.25) is 9.79 Å². The van der Waals surface area contributed by atoms with Crippen molar-refractivity contribution in [2.24, 2.45) is 20.9 Å². The molecule has 0 saturated carbocycles. The summed E-state index contributed by atoms with van der Waals surface area (Å²) >= 11 is 0. The standard InChI is InChI=1S/C7H6N4O/c8-7(12)6-4-3-9-2-1-5(4)10-11-6/h2-3H,1H2,(H2,8,12). The van der Waals surface area contributed by atoms with Crippen LogP contribution in [0.1, 0.15) is 6.42 Å². The number of fused-ring (bicyclic) bond motifs is 1. The van der Waals surface area contributed by atoms with Crippen LogP contribution in [0.15, 0.2) is 27.0 Å². The number of amides is 1. The van der Waals surface area contributed by atoms with Crippen molar-refractivity contribution in [1.29, 1.82) is 0 Å². The first-order chi connectivity index (χ1) is 5.79. The summed E-state index contributed by atoms with van der Waals surface area (Å²) < 4.78 is 0. The van der Waals surface area contributed by atoms with Gasteiger partial charge in [0, 0.05) is 24.4 Å². The molecule has 0 atom stereocenters. The summed E-state index contributed by atoms with van der Waals surface area (Å²) in [7, 11) is 0. The quantitative estimate of drug-likeness (QED) is 0.561. The maximum Gasteiger partial charge on any atom is 0.269 e. The van der Waals surface area contributed by atoms with E-state index >= 15 is 0 Å². The van der Waals surface area contributed by atoms with Gasteiger partial charge < -0.3 is 5.73 Å². The molecule has 0 spiro atoms. The highest BCUT2D eigenvalue weighted by atomic mass is 16.1. The number of hydrogen-bond acceptors (Lipinski definition) is 4. The van der Waals surface area contributed by atoms with Gasteiger partial charge >= 0.3 is 0 Å². The third kappa shape index (κ3) is 0.868. The second kappa shape index (κ2) is 2.37. The predicted octanol–water partition coefficient (Wildman–Crippen LogP) is -0.359. The number of hydrogen-bond donors (Lipinski definition) is 1. The maximum atomic E-state index is 10.8. The van der Waals surface area contributed by atoms with E-state index in [-0.39, 0.29) is 5.71 Å². The van der Waals surface area contributed by atoms with E-state index in [1.807, 2.05) is 0 Å². The Morgan fingerprint density at radius 1 is 1.50 bits per heavy atom. The summed E-state index contributed by atoms with van der Waals surface area (Å²) in [6.45, 7) is 0. The lowest BCUT2D eigenvalue weighted by atomic mass is 10.0. The largest absolute Gasteiger partial charge is 0.364 e. The molecule has 0 aromatic heterocycles. The smallest absolute Gasteiger partial charge is 0.269 e. The lowest BCUT2D eigenvalue weighted by molar-refractivity contribution is -0.111. The normalized spacial score (nSPS) is 19.5. The number of carbonyl (C=O) groups is 1. The minimum atomic E-state index is -0.558. The predicted molar refractivity (Wildman–Crippen MR) is 45.3 cm³/mol. The monoisotopic (exact) mass is 162 g/mol. The molecule has 1 amide bonds. The van der Waals surface area contributed by atoms with Crippen molar-refractivity contribution < 1.29 is 4.79 Å². The zero-order valence-electron chi connectivity index (χ0n) is 6.19. The summed E-state index contributed by atoms with van der Waals surface area (Å²) in [5.74, 6) is -0.558. The van der Waals surface area contributed by atoms with E-state index in [1.165, 1.54) is 0 Å². The van der Waals surface area contributed by atoms with E-state index in [1.54, 1.807) is 12.4 Å². The van der Waals surface area contributed by atoms with Gasteiger partial charge in [-0.15, -0.1) is 5.10 Å². The number of nitrogens with zero attached hydrogens (tertiary/aromatic N) is 3. The fourth-order valence-corrected chi connectivity index (χ4v) is 1.09. The highest BCUT2D eigenvalue weighted by molar-refractivity contribution is 6.53. The summed E-state index contributed by atoms with van der Waals surface area (Å²) in [4.78, 5) is 14.7. The Balaban J connectivity index is 2.40. The van der Waals surface area contributed by atoms with Gasteiger partial charge in [0.05, 0.1) is 5.71 Å². The van der Waals surface area contributed by atoms with E-state index < -0.39 is 5.91 Å². The Hall–Kier alpha value is -1.78. The van der Waals surface area contributed by atoms with Crippen molar-refractivity contribution in [2.75, 3.05) is 0 Å². The van der Waals surface area contributed by atoms with Crippen molar-refractivity contribution in [3.63, 3.8) is 0 Å².